The summed E-state index contributed by atoms with van der Waals surface area (Å²) in [7, 11) is 1.47. The SMILES string of the molecule is CCC(O)c1noc([C@@H]2C/C(=N\OC)CN2C(=O)c2ccc(-c3ccccc3)cc2)n1. The number of benzene rings is 2. The van der Waals surface area contributed by atoms with Crippen LogP contribution >= 0.6 is 0 Å². The average Bonchev–Trinajstić information content (AvgIpc) is 3.46. The molecule has 0 bridgehead atoms. The Hall–Kier alpha value is -3.52. The molecule has 31 heavy (non-hydrogen) atoms. The number of aliphatic hydroxyl groups is 1. The van der Waals surface area contributed by atoms with Gasteiger partial charge in [-0.05, 0) is 29.7 Å². The predicted molar refractivity (Wildman–Crippen MR) is 114 cm³/mol. The van der Waals surface area contributed by atoms with Gasteiger partial charge in [0.15, 0.2) is 5.82 Å². The van der Waals surface area contributed by atoms with E-state index in [0.717, 1.165) is 11.1 Å². The average molecular weight is 420 g/mol. The lowest BCUT2D eigenvalue weighted by atomic mass is 10.0. The van der Waals surface area contributed by atoms with Crippen LogP contribution in [-0.2, 0) is 4.84 Å². The van der Waals surface area contributed by atoms with Crippen molar-refractivity contribution in [2.45, 2.75) is 31.9 Å². The molecule has 160 valence electrons. The van der Waals surface area contributed by atoms with Crippen molar-refractivity contribution in [2.75, 3.05) is 13.7 Å². The molecule has 0 spiro atoms. The molecule has 1 aliphatic heterocycles. The highest BCUT2D eigenvalue weighted by Crippen LogP contribution is 2.32. The minimum absolute atomic E-state index is 0.165. The Morgan fingerprint density at radius 1 is 1.23 bits per heavy atom. The van der Waals surface area contributed by atoms with E-state index < -0.39 is 12.1 Å². The Morgan fingerprint density at radius 3 is 2.61 bits per heavy atom. The summed E-state index contributed by atoms with van der Waals surface area (Å²) < 4.78 is 5.38. The highest BCUT2D eigenvalue weighted by molar-refractivity contribution is 6.00. The molecule has 0 aliphatic carbocycles. The number of aliphatic hydroxyl groups excluding tert-OH is 1. The quantitative estimate of drug-likeness (QED) is 0.609. The fourth-order valence-corrected chi connectivity index (χ4v) is 3.64. The number of hydrogen-bond acceptors (Lipinski definition) is 7. The second-order valence-corrected chi connectivity index (χ2v) is 7.35. The molecule has 2 aromatic carbocycles. The first-order valence-electron chi connectivity index (χ1n) is 10.2. The van der Waals surface area contributed by atoms with E-state index in [1.165, 1.54) is 7.11 Å². The normalized spacial score (nSPS) is 18.4. The lowest BCUT2D eigenvalue weighted by Gasteiger charge is -2.21. The van der Waals surface area contributed by atoms with Crippen LogP contribution in [0.15, 0.2) is 64.3 Å². The van der Waals surface area contributed by atoms with Crippen LogP contribution in [0.4, 0.5) is 0 Å². The first-order valence-corrected chi connectivity index (χ1v) is 10.2. The highest BCUT2D eigenvalue weighted by atomic mass is 16.6. The van der Waals surface area contributed by atoms with Gasteiger partial charge in [-0.15, -0.1) is 0 Å². The Morgan fingerprint density at radius 2 is 1.94 bits per heavy atom. The first-order chi connectivity index (χ1) is 15.1. The van der Waals surface area contributed by atoms with E-state index in [9.17, 15) is 9.90 Å². The van der Waals surface area contributed by atoms with E-state index >= 15 is 0 Å². The van der Waals surface area contributed by atoms with Gasteiger partial charge in [-0.1, -0.05) is 59.7 Å². The summed E-state index contributed by atoms with van der Waals surface area (Å²) in [5.74, 6) is 0.328. The van der Waals surface area contributed by atoms with Crippen LogP contribution < -0.4 is 0 Å². The van der Waals surface area contributed by atoms with Crippen LogP contribution in [-0.4, -0.2) is 45.4 Å². The highest BCUT2D eigenvalue weighted by Gasteiger charge is 2.38. The van der Waals surface area contributed by atoms with Gasteiger partial charge in [0.25, 0.3) is 5.91 Å². The van der Waals surface area contributed by atoms with Gasteiger partial charge in [0.05, 0.1) is 12.3 Å². The second-order valence-electron chi connectivity index (χ2n) is 7.35. The van der Waals surface area contributed by atoms with E-state index in [0.29, 0.717) is 30.7 Å². The van der Waals surface area contributed by atoms with Crippen molar-refractivity contribution in [1.82, 2.24) is 15.0 Å². The van der Waals surface area contributed by atoms with Crippen molar-refractivity contribution < 1.29 is 19.3 Å². The van der Waals surface area contributed by atoms with Crippen molar-refractivity contribution >= 4 is 11.6 Å². The van der Waals surface area contributed by atoms with Gasteiger partial charge in [-0.25, -0.2) is 0 Å². The molecule has 8 nitrogen and oxygen atoms in total. The molecule has 1 saturated heterocycles. The largest absolute Gasteiger partial charge is 0.399 e. The van der Waals surface area contributed by atoms with Gasteiger partial charge in [0.2, 0.25) is 5.89 Å². The van der Waals surface area contributed by atoms with E-state index in [2.05, 4.69) is 15.3 Å². The van der Waals surface area contributed by atoms with Crippen molar-refractivity contribution in [3.05, 3.63) is 71.9 Å². The molecule has 0 saturated carbocycles. The van der Waals surface area contributed by atoms with E-state index in [1.807, 2.05) is 61.5 Å². The van der Waals surface area contributed by atoms with Crippen LogP contribution in [0.25, 0.3) is 11.1 Å². The number of rotatable bonds is 6. The zero-order valence-corrected chi connectivity index (χ0v) is 17.4. The molecule has 4 rings (SSSR count). The van der Waals surface area contributed by atoms with Gasteiger partial charge >= 0.3 is 0 Å². The zero-order valence-electron chi connectivity index (χ0n) is 17.4. The molecule has 1 amide bonds. The van der Waals surface area contributed by atoms with Crippen LogP contribution in [0.2, 0.25) is 0 Å². The minimum atomic E-state index is -0.805. The van der Waals surface area contributed by atoms with Crippen molar-refractivity contribution in [3.63, 3.8) is 0 Å². The fourth-order valence-electron chi connectivity index (χ4n) is 3.64. The third-order valence-corrected chi connectivity index (χ3v) is 5.31. The Kier molecular flexibility index (Phi) is 6.08. The fraction of sp³-hybridized carbons (Fsp3) is 0.304. The molecule has 3 aromatic rings. The molecule has 1 fully saturated rings. The lowest BCUT2D eigenvalue weighted by Crippen LogP contribution is -2.31. The summed E-state index contributed by atoms with van der Waals surface area (Å²) in [6.07, 6.45) is 0.0859. The van der Waals surface area contributed by atoms with Crippen LogP contribution in [0.1, 0.15) is 54.0 Å². The van der Waals surface area contributed by atoms with Crippen molar-refractivity contribution in [1.29, 1.82) is 0 Å². The maximum atomic E-state index is 13.3. The maximum absolute atomic E-state index is 13.3. The van der Waals surface area contributed by atoms with E-state index in [1.54, 1.807) is 4.90 Å². The summed E-state index contributed by atoms with van der Waals surface area (Å²) >= 11 is 0. The van der Waals surface area contributed by atoms with Gasteiger partial charge < -0.3 is 19.4 Å². The summed E-state index contributed by atoms with van der Waals surface area (Å²) in [6, 6.07) is 17.0. The number of amides is 1. The Labute approximate surface area is 180 Å². The zero-order chi connectivity index (χ0) is 21.8. The molecule has 1 aromatic heterocycles. The van der Waals surface area contributed by atoms with Crippen molar-refractivity contribution in [3.8, 4) is 11.1 Å². The summed E-state index contributed by atoms with van der Waals surface area (Å²) in [5, 5.41) is 17.9. The van der Waals surface area contributed by atoms with Crippen molar-refractivity contribution in [2.24, 2.45) is 5.16 Å². The van der Waals surface area contributed by atoms with Gasteiger partial charge in [-0.3, -0.25) is 4.79 Å². The number of carbonyl (C=O) groups is 1. The second kappa shape index (κ2) is 9.09. The predicted octanol–water partition coefficient (Wildman–Crippen LogP) is 3.77. The van der Waals surface area contributed by atoms with Gasteiger partial charge in [-0.2, -0.15) is 4.98 Å². The van der Waals surface area contributed by atoms with Crippen LogP contribution in [0.5, 0.6) is 0 Å². The molecular formula is C23H24N4O4. The number of hydrogen-bond donors (Lipinski definition) is 1. The standard InChI is InChI=1S/C23H24N4O4/c1-3-20(28)21-24-22(31-26-21)19-13-18(25-30-2)14-27(19)23(29)17-11-9-16(10-12-17)15-7-5-4-6-8-15/h4-12,19-20,28H,3,13-14H2,1-2H3/b25-18+/t19-,20?/m0/s1. The lowest BCUT2D eigenvalue weighted by molar-refractivity contribution is 0.0713. The number of likely N-dealkylation sites (tertiary alicyclic amines) is 1. The smallest absolute Gasteiger partial charge is 0.254 e. The molecular weight excluding hydrogens is 396 g/mol. The number of oxime groups is 1. The first kappa shape index (κ1) is 20.7. The molecule has 1 aliphatic rings. The minimum Gasteiger partial charge on any atom is -0.399 e. The number of carbonyl (C=O) groups excluding carboxylic acids is 1. The van der Waals surface area contributed by atoms with E-state index in [4.69, 9.17) is 9.36 Å². The molecule has 1 unspecified atom stereocenters. The summed E-state index contributed by atoms with van der Waals surface area (Å²) in [5.41, 5.74) is 3.38. The topological polar surface area (TPSA) is 101 Å². The number of nitrogens with zero attached hydrogens (tertiary/aromatic N) is 4. The summed E-state index contributed by atoms with van der Waals surface area (Å²) in [6.45, 7) is 2.13. The molecule has 0 radical (unpaired) electrons. The Bertz CT molecular complexity index is 1060. The van der Waals surface area contributed by atoms with Crippen LogP contribution in [0.3, 0.4) is 0 Å². The monoisotopic (exact) mass is 420 g/mol. The van der Waals surface area contributed by atoms with Crippen LogP contribution in [0, 0.1) is 0 Å². The Balaban J connectivity index is 1.60. The maximum Gasteiger partial charge on any atom is 0.254 e. The third-order valence-electron chi connectivity index (χ3n) is 5.31. The van der Waals surface area contributed by atoms with E-state index in [-0.39, 0.29) is 17.6 Å². The van der Waals surface area contributed by atoms with Gasteiger partial charge in [0, 0.05) is 12.0 Å². The molecule has 1 N–H and O–H groups in total. The van der Waals surface area contributed by atoms with Gasteiger partial charge in [0.1, 0.15) is 19.3 Å². The number of aromatic nitrogens is 2. The molecule has 2 heterocycles. The summed E-state index contributed by atoms with van der Waals surface area (Å²) in [4.78, 5) is 24.2. The molecule has 8 heteroatoms. The molecule has 2 atom stereocenters. The third kappa shape index (κ3) is 4.34.